The predicted molar refractivity (Wildman–Crippen MR) is 39.4 cm³/mol. The lowest BCUT2D eigenvalue weighted by Gasteiger charge is -2.02. The molecule has 2 N–H and O–H groups in total. The first-order valence-electron chi connectivity index (χ1n) is 2.93. The molecular formula is C6H10N2O3. The van der Waals surface area contributed by atoms with Crippen molar-refractivity contribution < 1.29 is 14.3 Å². The summed E-state index contributed by atoms with van der Waals surface area (Å²) in [6.07, 6.45) is 1.59. The highest BCUT2D eigenvalue weighted by Crippen LogP contribution is 1.76. The van der Waals surface area contributed by atoms with Crippen LogP contribution in [-0.2, 0) is 9.47 Å². The fraction of sp³-hybridized carbons (Fsp3) is 0.333. The van der Waals surface area contributed by atoms with Gasteiger partial charge in [0, 0.05) is 0 Å². The van der Waals surface area contributed by atoms with Gasteiger partial charge in [-0.05, 0) is 0 Å². The molecule has 0 aromatic carbocycles. The molecule has 0 aliphatic carbocycles. The second-order valence-electron chi connectivity index (χ2n) is 1.49. The molecule has 0 rings (SSSR count). The summed E-state index contributed by atoms with van der Waals surface area (Å²) in [5.41, 5.74) is 0. The molecule has 11 heavy (non-hydrogen) atoms. The Bertz CT molecular complexity index is 147. The van der Waals surface area contributed by atoms with Crippen LogP contribution in [0.25, 0.3) is 0 Å². The monoisotopic (exact) mass is 158 g/mol. The highest BCUT2D eigenvalue weighted by Gasteiger charge is 1.96. The van der Waals surface area contributed by atoms with Gasteiger partial charge in [-0.1, -0.05) is 12.7 Å². The Morgan fingerprint density at radius 2 is 2.45 bits per heavy atom. The summed E-state index contributed by atoms with van der Waals surface area (Å²) in [5, 5.41) is 8.67. The molecule has 62 valence electrons. The number of carbonyl (C=O) groups is 1. The normalized spacial score (nSPS) is 8.00. The Balaban J connectivity index is 3.21. The zero-order chi connectivity index (χ0) is 8.53. The zero-order valence-electron chi connectivity index (χ0n) is 6.00. The van der Waals surface area contributed by atoms with E-state index in [1.54, 1.807) is 0 Å². The van der Waals surface area contributed by atoms with Gasteiger partial charge in [-0.3, -0.25) is 10.7 Å². The Morgan fingerprint density at radius 3 is 3.00 bits per heavy atom. The van der Waals surface area contributed by atoms with Crippen LogP contribution in [-0.4, -0.2) is 25.8 Å². The van der Waals surface area contributed by atoms with Gasteiger partial charge in [-0.25, -0.2) is 4.79 Å². The average molecular weight is 158 g/mol. The molecular weight excluding hydrogens is 148 g/mol. The van der Waals surface area contributed by atoms with E-state index in [2.05, 4.69) is 21.4 Å². The molecule has 0 heterocycles. The van der Waals surface area contributed by atoms with E-state index in [4.69, 9.17) is 5.41 Å². The number of carbonyl (C=O) groups excluding carboxylic acids is 1. The van der Waals surface area contributed by atoms with Crippen molar-refractivity contribution in [3.8, 4) is 0 Å². The molecule has 0 fully saturated rings. The van der Waals surface area contributed by atoms with E-state index >= 15 is 0 Å². The van der Waals surface area contributed by atoms with Gasteiger partial charge in [-0.15, -0.1) is 0 Å². The van der Waals surface area contributed by atoms with Gasteiger partial charge in [0.1, 0.15) is 6.61 Å². The van der Waals surface area contributed by atoms with Crippen molar-refractivity contribution in [2.45, 2.75) is 0 Å². The molecule has 5 heteroatoms. The molecule has 5 nitrogen and oxygen atoms in total. The topological polar surface area (TPSA) is 71.4 Å². The van der Waals surface area contributed by atoms with Gasteiger partial charge < -0.3 is 9.47 Å². The van der Waals surface area contributed by atoms with Gasteiger partial charge in [0.25, 0.3) is 0 Å². The maximum Gasteiger partial charge on any atom is 0.410 e. The van der Waals surface area contributed by atoms with E-state index in [-0.39, 0.29) is 13.3 Å². The minimum absolute atomic E-state index is 0.0561. The minimum Gasteiger partial charge on any atom is -0.463 e. The van der Waals surface area contributed by atoms with Crippen molar-refractivity contribution in [1.82, 2.24) is 5.32 Å². The van der Waals surface area contributed by atoms with Gasteiger partial charge in [-0.2, -0.15) is 0 Å². The second-order valence-corrected chi connectivity index (χ2v) is 1.49. The van der Waals surface area contributed by atoms with Gasteiger partial charge in [0.05, 0.1) is 0 Å². The van der Waals surface area contributed by atoms with Crippen LogP contribution in [0.5, 0.6) is 0 Å². The predicted octanol–water partition coefficient (Wildman–Crippen LogP) is 0.480. The Morgan fingerprint density at radius 1 is 1.73 bits per heavy atom. The highest BCUT2D eigenvalue weighted by molar-refractivity contribution is 5.67. The fourth-order valence-corrected chi connectivity index (χ4v) is 0.328. The molecule has 0 radical (unpaired) electrons. The minimum atomic E-state index is -0.591. The third-order valence-corrected chi connectivity index (χ3v) is 0.715. The van der Waals surface area contributed by atoms with Crippen LogP contribution in [0, 0.1) is 5.41 Å². The number of hydrogen-bond acceptors (Lipinski definition) is 4. The van der Waals surface area contributed by atoms with E-state index in [1.807, 2.05) is 0 Å². The highest BCUT2D eigenvalue weighted by atomic mass is 16.6. The summed E-state index contributed by atoms with van der Waals surface area (Å²) in [4.78, 5) is 10.5. The lowest BCUT2D eigenvalue weighted by atomic mass is 10.7. The smallest absolute Gasteiger partial charge is 0.410 e. The molecule has 0 bridgehead atoms. The summed E-state index contributed by atoms with van der Waals surface area (Å²) >= 11 is 0. The van der Waals surface area contributed by atoms with E-state index < -0.39 is 6.09 Å². The van der Waals surface area contributed by atoms with Crippen molar-refractivity contribution >= 4 is 12.5 Å². The number of nitrogens with one attached hydrogen (secondary N) is 2. The van der Waals surface area contributed by atoms with E-state index in [9.17, 15) is 4.79 Å². The molecule has 0 aromatic heterocycles. The number of amides is 1. The fourth-order valence-electron chi connectivity index (χ4n) is 0.328. The SMILES string of the molecule is C=CCOC(=O)NCOC=N. The maximum absolute atomic E-state index is 10.5. The van der Waals surface area contributed by atoms with Crippen molar-refractivity contribution in [3.05, 3.63) is 12.7 Å². The molecule has 0 spiro atoms. The number of rotatable bonds is 5. The van der Waals surface area contributed by atoms with Crippen LogP contribution in [0.2, 0.25) is 0 Å². The van der Waals surface area contributed by atoms with Gasteiger partial charge >= 0.3 is 6.09 Å². The Labute approximate surface area is 64.5 Å². The third-order valence-electron chi connectivity index (χ3n) is 0.715. The van der Waals surface area contributed by atoms with Crippen LogP contribution in [0.3, 0.4) is 0 Å². The molecule has 0 aromatic rings. The standard InChI is InChI=1S/C6H10N2O3/c1-2-3-11-6(9)8-5-10-4-7/h2,4,7H,1,3,5H2,(H,8,9). The Kier molecular flexibility index (Phi) is 5.69. The molecule has 0 atom stereocenters. The summed E-state index contributed by atoms with van der Waals surface area (Å²) < 4.78 is 8.90. The lowest BCUT2D eigenvalue weighted by Crippen LogP contribution is -2.26. The first kappa shape index (κ1) is 9.48. The lowest BCUT2D eigenvalue weighted by molar-refractivity contribution is 0.146. The van der Waals surface area contributed by atoms with Gasteiger partial charge in [0.2, 0.25) is 0 Å². The molecule has 0 aliphatic heterocycles. The molecule has 0 saturated carbocycles. The largest absolute Gasteiger partial charge is 0.463 e. The molecule has 0 unspecified atom stereocenters. The van der Waals surface area contributed by atoms with E-state index in [0.29, 0.717) is 0 Å². The third kappa shape index (κ3) is 6.36. The van der Waals surface area contributed by atoms with Crippen molar-refractivity contribution in [1.29, 1.82) is 5.41 Å². The van der Waals surface area contributed by atoms with Crippen LogP contribution in [0.15, 0.2) is 12.7 Å². The van der Waals surface area contributed by atoms with Crippen LogP contribution >= 0.6 is 0 Å². The molecule has 0 saturated heterocycles. The summed E-state index contributed by atoms with van der Waals surface area (Å²) in [5.74, 6) is 0. The van der Waals surface area contributed by atoms with Crippen molar-refractivity contribution in [2.24, 2.45) is 0 Å². The summed E-state index contributed by atoms with van der Waals surface area (Å²) in [6.45, 7) is 3.46. The number of alkyl carbamates (subject to hydrolysis) is 1. The van der Waals surface area contributed by atoms with Crippen molar-refractivity contribution in [2.75, 3.05) is 13.3 Å². The Hall–Kier alpha value is -1.52. The molecule has 0 aliphatic rings. The van der Waals surface area contributed by atoms with Gasteiger partial charge in [0.15, 0.2) is 13.1 Å². The maximum atomic E-state index is 10.5. The van der Waals surface area contributed by atoms with Crippen LogP contribution < -0.4 is 5.32 Å². The van der Waals surface area contributed by atoms with Crippen LogP contribution in [0.1, 0.15) is 0 Å². The average Bonchev–Trinajstić information content (AvgIpc) is 2.01. The van der Waals surface area contributed by atoms with Crippen LogP contribution in [0.4, 0.5) is 4.79 Å². The first-order valence-corrected chi connectivity index (χ1v) is 2.93. The summed E-state index contributed by atoms with van der Waals surface area (Å²) in [7, 11) is 0. The number of hydrogen-bond donors (Lipinski definition) is 2. The quantitative estimate of drug-likeness (QED) is 0.201. The van der Waals surface area contributed by atoms with E-state index in [1.165, 1.54) is 6.08 Å². The summed E-state index contributed by atoms with van der Waals surface area (Å²) in [6, 6.07) is 0. The zero-order valence-corrected chi connectivity index (χ0v) is 6.00. The first-order chi connectivity index (χ1) is 5.31. The molecule has 1 amide bonds. The second kappa shape index (κ2) is 6.60. The number of ether oxygens (including phenoxy) is 2. The van der Waals surface area contributed by atoms with Crippen molar-refractivity contribution in [3.63, 3.8) is 0 Å². The van der Waals surface area contributed by atoms with E-state index in [0.717, 1.165) is 6.40 Å².